The van der Waals surface area contributed by atoms with Gasteiger partial charge < -0.3 is 20.2 Å². The molecule has 39 heavy (non-hydrogen) atoms. The van der Waals surface area contributed by atoms with E-state index in [2.05, 4.69) is 44.5 Å². The van der Waals surface area contributed by atoms with E-state index in [-0.39, 0.29) is 24.0 Å². The molecular formula is C32H42N2O4Si. The van der Waals surface area contributed by atoms with Crippen molar-refractivity contribution in [3.63, 3.8) is 0 Å². The van der Waals surface area contributed by atoms with E-state index in [1.807, 2.05) is 91.0 Å². The molecule has 0 fully saturated rings. The van der Waals surface area contributed by atoms with Gasteiger partial charge in [-0.05, 0) is 41.2 Å². The number of carbonyl (C=O) groups is 2. The number of rotatable bonds is 12. The molecule has 2 amide bonds. The lowest BCUT2D eigenvalue weighted by Gasteiger charge is -2.38. The van der Waals surface area contributed by atoms with Crippen LogP contribution in [0.25, 0.3) is 0 Å². The van der Waals surface area contributed by atoms with E-state index in [9.17, 15) is 14.7 Å². The smallest absolute Gasteiger partial charge is 0.246 e. The van der Waals surface area contributed by atoms with Gasteiger partial charge in [-0.3, -0.25) is 9.59 Å². The summed E-state index contributed by atoms with van der Waals surface area (Å²) in [5, 5.41) is 15.5. The zero-order chi connectivity index (χ0) is 28.5. The van der Waals surface area contributed by atoms with Crippen LogP contribution in [0.2, 0.25) is 18.1 Å². The fourth-order valence-corrected chi connectivity index (χ4v) is 5.40. The van der Waals surface area contributed by atoms with E-state index in [0.29, 0.717) is 6.42 Å². The quantitative estimate of drug-likeness (QED) is 0.210. The minimum Gasteiger partial charge on any atom is -0.415 e. The zero-order valence-electron chi connectivity index (χ0n) is 23.7. The Morgan fingerprint density at radius 2 is 1.23 bits per heavy atom. The monoisotopic (exact) mass is 546 g/mol. The van der Waals surface area contributed by atoms with E-state index >= 15 is 0 Å². The molecule has 0 aromatic heterocycles. The number of hydrogen-bond donors (Lipinski definition) is 3. The number of hydrogen-bond acceptors (Lipinski definition) is 4. The van der Waals surface area contributed by atoms with Gasteiger partial charge >= 0.3 is 0 Å². The van der Waals surface area contributed by atoms with Gasteiger partial charge in [0, 0.05) is 6.42 Å². The van der Waals surface area contributed by atoms with Crippen molar-refractivity contribution < 1.29 is 19.1 Å². The number of aliphatic hydroxyl groups excluding tert-OH is 1. The molecular weight excluding hydrogens is 504 g/mol. The molecule has 0 aliphatic rings. The summed E-state index contributed by atoms with van der Waals surface area (Å²) in [4.78, 5) is 25.8. The first kappa shape index (κ1) is 30.3. The van der Waals surface area contributed by atoms with Crippen LogP contribution in [0.1, 0.15) is 50.3 Å². The first-order chi connectivity index (χ1) is 18.5. The molecule has 0 aliphatic heterocycles. The van der Waals surface area contributed by atoms with Crippen molar-refractivity contribution in [2.24, 2.45) is 0 Å². The summed E-state index contributed by atoms with van der Waals surface area (Å²) in [7, 11) is -2.07. The van der Waals surface area contributed by atoms with E-state index < -0.39 is 32.4 Å². The molecule has 0 saturated heterocycles. The summed E-state index contributed by atoms with van der Waals surface area (Å²) < 4.78 is 6.35. The van der Waals surface area contributed by atoms with Gasteiger partial charge in [-0.2, -0.15) is 0 Å². The van der Waals surface area contributed by atoms with E-state index in [1.54, 1.807) is 0 Å². The van der Waals surface area contributed by atoms with Crippen LogP contribution < -0.4 is 10.6 Å². The molecule has 3 aromatic rings. The molecule has 0 unspecified atom stereocenters. The van der Waals surface area contributed by atoms with Gasteiger partial charge in [-0.15, -0.1) is 0 Å². The maximum Gasteiger partial charge on any atom is 0.246 e. The highest BCUT2D eigenvalue weighted by Gasteiger charge is 2.39. The third kappa shape index (κ3) is 7.65. The molecule has 6 nitrogen and oxygen atoms in total. The standard InChI is InChI=1S/C32H42N2O4Si/c1-31(2,3)39(4,5)38-24-28(33-30(37)23-35)21-22-29(36)34-32(25-15-9-6-10-16-25,26-17-11-7-12-18-26)27-19-13-8-14-20-27/h6-20,28,35H,21-24H2,1-5H3,(H,33,37)(H,34,36)/t28-/m0/s1. The van der Waals surface area contributed by atoms with Gasteiger partial charge in [0.2, 0.25) is 11.8 Å². The molecule has 0 aliphatic carbocycles. The molecule has 3 N–H and O–H groups in total. The maximum atomic E-state index is 13.7. The van der Waals surface area contributed by atoms with Crippen LogP contribution in [0.4, 0.5) is 0 Å². The highest BCUT2D eigenvalue weighted by Crippen LogP contribution is 2.38. The Morgan fingerprint density at radius 1 is 0.795 bits per heavy atom. The Labute approximate surface area is 233 Å². The molecule has 0 heterocycles. The second-order valence-corrected chi connectivity index (χ2v) is 16.2. The Bertz CT molecular complexity index is 1100. The van der Waals surface area contributed by atoms with Crippen LogP contribution in [0.3, 0.4) is 0 Å². The first-order valence-electron chi connectivity index (χ1n) is 13.5. The summed E-state index contributed by atoms with van der Waals surface area (Å²) >= 11 is 0. The van der Waals surface area contributed by atoms with Crippen molar-refractivity contribution in [1.82, 2.24) is 10.6 Å². The number of aliphatic hydroxyl groups is 1. The van der Waals surface area contributed by atoms with Gasteiger partial charge in [-0.25, -0.2) is 0 Å². The van der Waals surface area contributed by atoms with Crippen molar-refractivity contribution >= 4 is 20.1 Å². The van der Waals surface area contributed by atoms with Crippen LogP contribution >= 0.6 is 0 Å². The molecule has 0 saturated carbocycles. The highest BCUT2D eigenvalue weighted by molar-refractivity contribution is 6.74. The third-order valence-electron chi connectivity index (χ3n) is 7.63. The lowest BCUT2D eigenvalue weighted by molar-refractivity contribution is -0.126. The number of nitrogens with one attached hydrogen (secondary N) is 2. The second-order valence-electron chi connectivity index (χ2n) is 11.4. The number of benzene rings is 3. The Morgan fingerprint density at radius 3 is 1.62 bits per heavy atom. The molecule has 0 bridgehead atoms. The van der Waals surface area contributed by atoms with Crippen LogP contribution in [0.5, 0.6) is 0 Å². The van der Waals surface area contributed by atoms with Gasteiger partial charge in [0.15, 0.2) is 8.32 Å². The third-order valence-corrected chi connectivity index (χ3v) is 12.1. The van der Waals surface area contributed by atoms with Gasteiger partial charge in [-0.1, -0.05) is 112 Å². The van der Waals surface area contributed by atoms with Gasteiger partial charge in [0.25, 0.3) is 0 Å². The normalized spacial score (nSPS) is 13.0. The molecule has 3 rings (SSSR count). The number of carbonyl (C=O) groups excluding carboxylic acids is 2. The lowest BCUT2D eigenvalue weighted by atomic mass is 9.77. The average molecular weight is 547 g/mol. The fourth-order valence-electron chi connectivity index (χ4n) is 4.35. The summed E-state index contributed by atoms with van der Waals surface area (Å²) in [5.74, 6) is -0.631. The predicted octanol–water partition coefficient (Wildman–Crippen LogP) is 5.37. The molecule has 0 spiro atoms. The Balaban J connectivity index is 1.89. The number of amides is 2. The maximum absolute atomic E-state index is 13.7. The van der Waals surface area contributed by atoms with Crippen LogP contribution in [0.15, 0.2) is 91.0 Å². The minimum absolute atomic E-state index is 0.0105. The summed E-state index contributed by atoms with van der Waals surface area (Å²) in [5.41, 5.74) is 1.94. The molecule has 7 heteroatoms. The SMILES string of the molecule is CC(C)(C)[Si](C)(C)OC[C@H](CCC(=O)NC(c1ccccc1)(c1ccccc1)c1ccccc1)NC(=O)CO. The second kappa shape index (κ2) is 13.2. The summed E-state index contributed by atoms with van der Waals surface area (Å²) in [6, 6.07) is 29.5. The van der Waals surface area contributed by atoms with Gasteiger partial charge in [0.1, 0.15) is 12.1 Å². The van der Waals surface area contributed by atoms with Crippen LogP contribution in [-0.2, 0) is 19.6 Å². The highest BCUT2D eigenvalue weighted by atomic mass is 28.4. The average Bonchev–Trinajstić information content (AvgIpc) is 2.94. The van der Waals surface area contributed by atoms with Crippen LogP contribution in [-0.4, -0.2) is 44.5 Å². The van der Waals surface area contributed by atoms with E-state index in [0.717, 1.165) is 16.7 Å². The zero-order valence-corrected chi connectivity index (χ0v) is 24.7. The van der Waals surface area contributed by atoms with Crippen LogP contribution in [0, 0.1) is 0 Å². The summed E-state index contributed by atoms with van der Waals surface area (Å²) in [6.45, 7) is 10.5. The fraction of sp³-hybridized carbons (Fsp3) is 0.375. The largest absolute Gasteiger partial charge is 0.415 e. The predicted molar refractivity (Wildman–Crippen MR) is 159 cm³/mol. The van der Waals surface area contributed by atoms with Crippen molar-refractivity contribution in [2.75, 3.05) is 13.2 Å². The molecule has 1 atom stereocenters. The lowest BCUT2D eigenvalue weighted by Crippen LogP contribution is -2.49. The molecule has 208 valence electrons. The van der Waals surface area contributed by atoms with Crippen molar-refractivity contribution in [3.8, 4) is 0 Å². The molecule has 0 radical (unpaired) electrons. The Hall–Kier alpha value is -3.26. The summed E-state index contributed by atoms with van der Waals surface area (Å²) in [6.07, 6.45) is 0.548. The minimum atomic E-state index is -2.07. The van der Waals surface area contributed by atoms with E-state index in [1.165, 1.54) is 0 Å². The van der Waals surface area contributed by atoms with Gasteiger partial charge in [0.05, 0.1) is 12.6 Å². The van der Waals surface area contributed by atoms with Crippen molar-refractivity contribution in [2.45, 2.75) is 63.3 Å². The van der Waals surface area contributed by atoms with E-state index in [4.69, 9.17) is 4.43 Å². The topological polar surface area (TPSA) is 87.7 Å². The first-order valence-corrected chi connectivity index (χ1v) is 16.4. The molecule has 3 aromatic carbocycles. The van der Waals surface area contributed by atoms with Crippen molar-refractivity contribution in [3.05, 3.63) is 108 Å². The van der Waals surface area contributed by atoms with Crippen molar-refractivity contribution in [1.29, 1.82) is 0 Å². The Kier molecular flexibility index (Phi) is 10.2.